The molecule has 1 heterocycles. The average molecular weight is 252 g/mol. The van der Waals surface area contributed by atoms with Gasteiger partial charge in [0.1, 0.15) is 0 Å². The summed E-state index contributed by atoms with van der Waals surface area (Å²) in [6, 6.07) is 2.29. The van der Waals surface area contributed by atoms with Crippen LogP contribution in [-0.4, -0.2) is 36.1 Å². The fraction of sp³-hybridized carbons (Fsp3) is 1.00. The zero-order valence-corrected chi connectivity index (χ0v) is 12.9. The third-order valence-corrected chi connectivity index (χ3v) is 5.13. The van der Waals surface area contributed by atoms with Gasteiger partial charge in [-0.2, -0.15) is 0 Å². The molecule has 0 spiro atoms. The Kier molecular flexibility index (Phi) is 4.71. The molecule has 1 saturated heterocycles. The van der Waals surface area contributed by atoms with E-state index in [1.807, 2.05) is 0 Å². The number of nitrogens with one attached hydrogen (secondary N) is 1. The summed E-state index contributed by atoms with van der Waals surface area (Å²) in [4.78, 5) is 2.86. The highest BCUT2D eigenvalue weighted by Crippen LogP contribution is 2.32. The minimum Gasteiger partial charge on any atom is -0.311 e. The molecule has 0 amide bonds. The van der Waals surface area contributed by atoms with Gasteiger partial charge in [0.2, 0.25) is 0 Å². The summed E-state index contributed by atoms with van der Waals surface area (Å²) in [5.41, 5.74) is 0. The number of hydrogen-bond donors (Lipinski definition) is 1. The second-order valence-electron chi connectivity index (χ2n) is 7.34. The van der Waals surface area contributed by atoms with Crippen molar-refractivity contribution in [3.05, 3.63) is 0 Å². The van der Waals surface area contributed by atoms with E-state index in [2.05, 4.69) is 44.8 Å². The lowest BCUT2D eigenvalue weighted by molar-refractivity contribution is 0.0463. The van der Waals surface area contributed by atoms with Crippen LogP contribution >= 0.6 is 0 Å². The molecule has 2 nitrogen and oxygen atoms in total. The third-order valence-electron chi connectivity index (χ3n) is 5.13. The van der Waals surface area contributed by atoms with E-state index in [-0.39, 0.29) is 0 Å². The van der Waals surface area contributed by atoms with Crippen LogP contribution < -0.4 is 5.32 Å². The molecule has 1 N–H and O–H groups in total. The molecule has 4 unspecified atom stereocenters. The first-order valence-electron chi connectivity index (χ1n) is 7.98. The molecule has 0 bridgehead atoms. The van der Waals surface area contributed by atoms with Gasteiger partial charge in [0, 0.05) is 31.2 Å². The summed E-state index contributed by atoms with van der Waals surface area (Å²) in [6.45, 7) is 14.3. The van der Waals surface area contributed by atoms with E-state index >= 15 is 0 Å². The summed E-state index contributed by atoms with van der Waals surface area (Å²) in [5, 5.41) is 3.77. The molecule has 1 aliphatic heterocycles. The normalized spacial score (nSPS) is 38.8. The predicted molar refractivity (Wildman–Crippen MR) is 78.8 cm³/mol. The summed E-state index contributed by atoms with van der Waals surface area (Å²) in [6.07, 6.45) is 4.29. The molecule has 4 atom stereocenters. The Balaban J connectivity index is 2.05. The van der Waals surface area contributed by atoms with Gasteiger partial charge in [0.25, 0.3) is 0 Å². The first kappa shape index (κ1) is 14.3. The smallest absolute Gasteiger partial charge is 0.0247 e. The van der Waals surface area contributed by atoms with Gasteiger partial charge in [0.05, 0.1) is 0 Å². The Morgan fingerprint density at radius 2 is 1.78 bits per heavy atom. The van der Waals surface area contributed by atoms with Crippen molar-refractivity contribution >= 4 is 0 Å². The molecule has 106 valence electrons. The lowest BCUT2D eigenvalue weighted by atomic mass is 9.92. The number of piperazine rings is 1. The largest absolute Gasteiger partial charge is 0.311 e. The van der Waals surface area contributed by atoms with Crippen molar-refractivity contribution in [2.75, 3.05) is 13.1 Å². The van der Waals surface area contributed by atoms with Crippen molar-refractivity contribution in [2.45, 2.75) is 72.0 Å². The highest BCUT2D eigenvalue weighted by molar-refractivity contribution is 4.94. The molecule has 2 fully saturated rings. The van der Waals surface area contributed by atoms with Gasteiger partial charge in [-0.1, -0.05) is 34.6 Å². The maximum absolute atomic E-state index is 3.77. The maximum atomic E-state index is 3.77. The van der Waals surface area contributed by atoms with Crippen LogP contribution in [0, 0.1) is 17.8 Å². The number of nitrogens with zero attached hydrogens (tertiary/aromatic N) is 1. The van der Waals surface area contributed by atoms with Crippen molar-refractivity contribution < 1.29 is 0 Å². The zero-order valence-electron chi connectivity index (χ0n) is 12.9. The Hall–Kier alpha value is -0.0800. The fourth-order valence-corrected chi connectivity index (χ4v) is 3.78. The number of hydrogen-bond acceptors (Lipinski definition) is 2. The van der Waals surface area contributed by atoms with Gasteiger partial charge >= 0.3 is 0 Å². The molecule has 18 heavy (non-hydrogen) atoms. The van der Waals surface area contributed by atoms with Crippen molar-refractivity contribution in [1.29, 1.82) is 0 Å². The van der Waals surface area contributed by atoms with Gasteiger partial charge in [0.15, 0.2) is 0 Å². The molecular weight excluding hydrogens is 220 g/mol. The van der Waals surface area contributed by atoms with Crippen molar-refractivity contribution in [3.63, 3.8) is 0 Å². The Morgan fingerprint density at radius 1 is 1.06 bits per heavy atom. The third kappa shape index (κ3) is 3.08. The van der Waals surface area contributed by atoms with Crippen LogP contribution in [-0.2, 0) is 0 Å². The molecule has 2 aliphatic rings. The summed E-state index contributed by atoms with van der Waals surface area (Å²) < 4.78 is 0. The monoisotopic (exact) mass is 252 g/mol. The van der Waals surface area contributed by atoms with E-state index in [0.29, 0.717) is 6.04 Å². The highest BCUT2D eigenvalue weighted by atomic mass is 15.3. The zero-order chi connectivity index (χ0) is 13.3. The van der Waals surface area contributed by atoms with Gasteiger partial charge in [-0.15, -0.1) is 0 Å². The van der Waals surface area contributed by atoms with E-state index in [1.165, 1.54) is 32.4 Å². The van der Waals surface area contributed by atoms with Crippen molar-refractivity contribution in [2.24, 2.45) is 17.8 Å². The minimum absolute atomic E-state index is 0.691. The quantitative estimate of drug-likeness (QED) is 0.830. The van der Waals surface area contributed by atoms with Crippen LogP contribution in [0.2, 0.25) is 0 Å². The van der Waals surface area contributed by atoms with E-state index in [0.717, 1.165) is 29.8 Å². The molecule has 0 radical (unpaired) electrons. The SMILES string of the molecule is CC1CCC(N2CC(C(C)C)NCC2C(C)C)C1. The Bertz CT molecular complexity index is 262. The highest BCUT2D eigenvalue weighted by Gasteiger charge is 2.37. The van der Waals surface area contributed by atoms with Gasteiger partial charge in [-0.25, -0.2) is 0 Å². The van der Waals surface area contributed by atoms with E-state index < -0.39 is 0 Å². The standard InChI is InChI=1S/C16H32N2/c1-11(2)15-10-18(14-7-6-13(5)8-14)16(9-17-15)12(3)4/h11-17H,6-10H2,1-5H3. The van der Waals surface area contributed by atoms with E-state index in [1.54, 1.807) is 0 Å². The Morgan fingerprint density at radius 3 is 2.28 bits per heavy atom. The topological polar surface area (TPSA) is 15.3 Å². The van der Waals surface area contributed by atoms with Gasteiger partial charge in [-0.05, 0) is 37.0 Å². The van der Waals surface area contributed by atoms with Crippen LogP contribution in [0.15, 0.2) is 0 Å². The lowest BCUT2D eigenvalue weighted by Gasteiger charge is -2.46. The maximum Gasteiger partial charge on any atom is 0.0247 e. The number of rotatable bonds is 3. The summed E-state index contributed by atoms with van der Waals surface area (Å²) >= 11 is 0. The molecule has 0 aromatic carbocycles. The van der Waals surface area contributed by atoms with Crippen molar-refractivity contribution in [1.82, 2.24) is 10.2 Å². The Labute approximate surface area is 114 Å². The summed E-state index contributed by atoms with van der Waals surface area (Å²) in [5.74, 6) is 2.45. The van der Waals surface area contributed by atoms with Gasteiger partial charge < -0.3 is 5.32 Å². The molecule has 1 aliphatic carbocycles. The van der Waals surface area contributed by atoms with E-state index in [9.17, 15) is 0 Å². The average Bonchev–Trinajstić information content (AvgIpc) is 2.74. The summed E-state index contributed by atoms with van der Waals surface area (Å²) in [7, 11) is 0. The molecular formula is C16H32N2. The minimum atomic E-state index is 0.691. The van der Waals surface area contributed by atoms with Crippen LogP contribution in [0.1, 0.15) is 53.9 Å². The fourth-order valence-electron chi connectivity index (χ4n) is 3.78. The molecule has 2 rings (SSSR count). The first-order chi connectivity index (χ1) is 8.49. The molecule has 2 heteroatoms. The van der Waals surface area contributed by atoms with Crippen LogP contribution in [0.3, 0.4) is 0 Å². The lowest BCUT2D eigenvalue weighted by Crippen LogP contribution is -2.61. The van der Waals surface area contributed by atoms with Gasteiger partial charge in [-0.3, -0.25) is 4.90 Å². The predicted octanol–water partition coefficient (Wildman–Crippen LogP) is 3.13. The van der Waals surface area contributed by atoms with Crippen molar-refractivity contribution in [3.8, 4) is 0 Å². The second kappa shape index (κ2) is 5.92. The van der Waals surface area contributed by atoms with Crippen LogP contribution in [0.4, 0.5) is 0 Å². The van der Waals surface area contributed by atoms with Crippen LogP contribution in [0.25, 0.3) is 0 Å². The second-order valence-corrected chi connectivity index (χ2v) is 7.34. The molecule has 1 saturated carbocycles. The van der Waals surface area contributed by atoms with Crippen LogP contribution in [0.5, 0.6) is 0 Å². The molecule has 0 aromatic heterocycles. The molecule has 0 aromatic rings. The van der Waals surface area contributed by atoms with E-state index in [4.69, 9.17) is 0 Å². The first-order valence-corrected chi connectivity index (χ1v) is 7.98.